The molecule has 0 aliphatic heterocycles. The fourth-order valence-corrected chi connectivity index (χ4v) is 2.78. The highest BCUT2D eigenvalue weighted by atomic mass is 32.1. The lowest BCUT2D eigenvalue weighted by Gasteiger charge is -2.05. The molecular weight excluding hydrogens is 304 g/mol. The van der Waals surface area contributed by atoms with E-state index in [9.17, 15) is 9.59 Å². The molecule has 1 amide bonds. The quantitative estimate of drug-likeness (QED) is 0.795. The number of fused-ring (bicyclic) bond motifs is 1. The molecular formula is C14H12N4O3S. The first-order chi connectivity index (χ1) is 10.6. The van der Waals surface area contributed by atoms with Gasteiger partial charge in [0.05, 0.1) is 19.0 Å². The second-order valence-electron chi connectivity index (χ2n) is 4.52. The predicted molar refractivity (Wildman–Crippen MR) is 82.8 cm³/mol. The largest absolute Gasteiger partial charge is 0.481 e. The van der Waals surface area contributed by atoms with Crippen LogP contribution in [0.25, 0.3) is 4.96 Å². The Morgan fingerprint density at radius 3 is 2.82 bits per heavy atom. The second kappa shape index (κ2) is 5.57. The van der Waals surface area contributed by atoms with Crippen LogP contribution in [-0.4, -0.2) is 27.4 Å². The molecule has 3 heterocycles. The van der Waals surface area contributed by atoms with Crippen LogP contribution < -0.4 is 15.6 Å². The summed E-state index contributed by atoms with van der Waals surface area (Å²) in [5.41, 5.74) is 0.813. The zero-order valence-corrected chi connectivity index (χ0v) is 12.7. The Bertz CT molecular complexity index is 899. The molecule has 0 aliphatic carbocycles. The minimum Gasteiger partial charge on any atom is -0.481 e. The van der Waals surface area contributed by atoms with E-state index in [1.807, 2.05) is 5.38 Å². The van der Waals surface area contributed by atoms with E-state index >= 15 is 0 Å². The number of nitrogens with one attached hydrogen (secondary N) is 1. The van der Waals surface area contributed by atoms with Crippen LogP contribution in [0.4, 0.5) is 5.69 Å². The van der Waals surface area contributed by atoms with Crippen molar-refractivity contribution in [3.05, 3.63) is 51.5 Å². The van der Waals surface area contributed by atoms with Crippen LogP contribution in [0.2, 0.25) is 0 Å². The van der Waals surface area contributed by atoms with Crippen LogP contribution in [0, 0.1) is 6.92 Å². The minimum absolute atomic E-state index is 0.0187. The third-order valence-electron chi connectivity index (χ3n) is 3.06. The number of aryl methyl sites for hydroxylation is 1. The van der Waals surface area contributed by atoms with E-state index in [2.05, 4.69) is 15.3 Å². The van der Waals surface area contributed by atoms with Gasteiger partial charge in [-0.25, -0.2) is 9.97 Å². The Kier molecular flexibility index (Phi) is 3.60. The van der Waals surface area contributed by atoms with Crippen molar-refractivity contribution in [2.24, 2.45) is 0 Å². The molecule has 7 nitrogen and oxygen atoms in total. The molecule has 0 bridgehead atoms. The monoisotopic (exact) mass is 316 g/mol. The van der Waals surface area contributed by atoms with Gasteiger partial charge in [0, 0.05) is 23.3 Å². The number of carbonyl (C=O) groups is 1. The van der Waals surface area contributed by atoms with E-state index in [1.165, 1.54) is 35.2 Å². The molecule has 3 aromatic heterocycles. The highest BCUT2D eigenvalue weighted by Crippen LogP contribution is 2.13. The summed E-state index contributed by atoms with van der Waals surface area (Å²) in [5.74, 6) is -0.0838. The average molecular weight is 316 g/mol. The SMILES string of the molecule is COc1ccc(NC(=O)c2cnc3scc(C)n3c2=O)cn1. The summed E-state index contributed by atoms with van der Waals surface area (Å²) in [6.45, 7) is 1.79. The number of pyridine rings is 1. The number of carbonyl (C=O) groups excluding carboxylic acids is 1. The van der Waals surface area contributed by atoms with Gasteiger partial charge >= 0.3 is 0 Å². The summed E-state index contributed by atoms with van der Waals surface area (Å²) < 4.78 is 6.37. The fraction of sp³-hybridized carbons (Fsp3) is 0.143. The van der Waals surface area contributed by atoms with Crippen molar-refractivity contribution in [2.45, 2.75) is 6.92 Å². The van der Waals surface area contributed by atoms with Crippen molar-refractivity contribution in [1.82, 2.24) is 14.4 Å². The standard InChI is InChI=1S/C14H12N4O3S/c1-8-7-22-14-16-6-10(13(20)18(8)14)12(19)17-9-3-4-11(21-2)15-5-9/h3-7H,1-2H3,(H,17,19). The first kappa shape index (κ1) is 14.2. The number of hydrogen-bond donors (Lipinski definition) is 1. The zero-order chi connectivity index (χ0) is 15.7. The van der Waals surface area contributed by atoms with Gasteiger partial charge in [-0.15, -0.1) is 11.3 Å². The van der Waals surface area contributed by atoms with Gasteiger partial charge in [0.15, 0.2) is 4.96 Å². The predicted octanol–water partition coefficient (Wildman–Crippen LogP) is 1.72. The van der Waals surface area contributed by atoms with Crippen molar-refractivity contribution in [2.75, 3.05) is 12.4 Å². The van der Waals surface area contributed by atoms with Gasteiger partial charge in [0.25, 0.3) is 11.5 Å². The lowest BCUT2D eigenvalue weighted by Crippen LogP contribution is -2.26. The molecule has 0 radical (unpaired) electrons. The van der Waals surface area contributed by atoms with Crippen molar-refractivity contribution in [3.8, 4) is 5.88 Å². The molecule has 1 N–H and O–H groups in total. The summed E-state index contributed by atoms with van der Waals surface area (Å²) in [7, 11) is 1.51. The van der Waals surface area contributed by atoms with Crippen LogP contribution in [0.1, 0.15) is 16.1 Å². The zero-order valence-electron chi connectivity index (χ0n) is 11.9. The maximum absolute atomic E-state index is 12.4. The molecule has 0 unspecified atom stereocenters. The van der Waals surface area contributed by atoms with Crippen LogP contribution in [0.15, 0.2) is 34.7 Å². The molecule has 0 aliphatic rings. The molecule has 0 atom stereocenters. The molecule has 3 rings (SSSR count). The molecule has 0 saturated heterocycles. The summed E-state index contributed by atoms with van der Waals surface area (Å²) in [4.78, 5) is 33.3. The third-order valence-corrected chi connectivity index (χ3v) is 4.02. The first-order valence-electron chi connectivity index (χ1n) is 6.37. The van der Waals surface area contributed by atoms with Crippen molar-refractivity contribution in [3.63, 3.8) is 0 Å². The van der Waals surface area contributed by atoms with E-state index in [0.717, 1.165) is 5.69 Å². The molecule has 8 heteroatoms. The van der Waals surface area contributed by atoms with Gasteiger partial charge < -0.3 is 10.1 Å². The number of methoxy groups -OCH3 is 1. The molecule has 0 saturated carbocycles. The molecule has 0 spiro atoms. The van der Waals surface area contributed by atoms with Gasteiger partial charge in [-0.2, -0.15) is 0 Å². The van der Waals surface area contributed by atoms with Gasteiger partial charge in [-0.05, 0) is 13.0 Å². The average Bonchev–Trinajstić information content (AvgIpc) is 2.90. The minimum atomic E-state index is -0.524. The number of rotatable bonds is 3. The number of anilines is 1. The van der Waals surface area contributed by atoms with Crippen molar-refractivity contribution < 1.29 is 9.53 Å². The molecule has 3 aromatic rings. The Morgan fingerprint density at radius 1 is 1.32 bits per heavy atom. The molecule has 112 valence electrons. The topological polar surface area (TPSA) is 85.6 Å². The Labute approximate surface area is 129 Å². The van der Waals surface area contributed by atoms with Crippen LogP contribution in [-0.2, 0) is 0 Å². The van der Waals surface area contributed by atoms with Gasteiger partial charge in [-0.1, -0.05) is 0 Å². The van der Waals surface area contributed by atoms with Gasteiger partial charge in [0.2, 0.25) is 5.88 Å². The van der Waals surface area contributed by atoms with E-state index < -0.39 is 5.91 Å². The number of aromatic nitrogens is 3. The molecule has 22 heavy (non-hydrogen) atoms. The highest BCUT2D eigenvalue weighted by Gasteiger charge is 2.15. The smallest absolute Gasteiger partial charge is 0.271 e. The lowest BCUT2D eigenvalue weighted by molar-refractivity contribution is 0.102. The summed E-state index contributed by atoms with van der Waals surface area (Å²) in [5, 5.41) is 4.44. The molecule has 0 aromatic carbocycles. The maximum atomic E-state index is 12.4. The van der Waals surface area contributed by atoms with E-state index in [0.29, 0.717) is 16.5 Å². The summed E-state index contributed by atoms with van der Waals surface area (Å²) in [6, 6.07) is 3.26. The number of thiazole rings is 1. The summed E-state index contributed by atoms with van der Waals surface area (Å²) in [6.07, 6.45) is 2.75. The number of nitrogens with zero attached hydrogens (tertiary/aromatic N) is 3. The molecule has 0 fully saturated rings. The van der Waals surface area contributed by atoms with E-state index in [-0.39, 0.29) is 11.1 Å². The van der Waals surface area contributed by atoms with Crippen molar-refractivity contribution in [1.29, 1.82) is 0 Å². The van der Waals surface area contributed by atoms with Crippen molar-refractivity contribution >= 4 is 27.9 Å². The fourth-order valence-electron chi connectivity index (χ4n) is 1.95. The Morgan fingerprint density at radius 2 is 2.14 bits per heavy atom. The van der Waals surface area contributed by atoms with Crippen LogP contribution >= 0.6 is 11.3 Å². The van der Waals surface area contributed by atoms with Crippen LogP contribution in [0.5, 0.6) is 5.88 Å². The Hall–Kier alpha value is -2.74. The van der Waals surface area contributed by atoms with Gasteiger partial charge in [-0.3, -0.25) is 14.0 Å². The number of amides is 1. The first-order valence-corrected chi connectivity index (χ1v) is 7.25. The van der Waals surface area contributed by atoms with Crippen LogP contribution in [0.3, 0.4) is 0 Å². The van der Waals surface area contributed by atoms with E-state index in [1.54, 1.807) is 19.1 Å². The summed E-state index contributed by atoms with van der Waals surface area (Å²) >= 11 is 1.35. The van der Waals surface area contributed by atoms with Gasteiger partial charge in [0.1, 0.15) is 5.56 Å². The van der Waals surface area contributed by atoms with E-state index in [4.69, 9.17) is 4.74 Å². The second-order valence-corrected chi connectivity index (χ2v) is 5.35. The Balaban J connectivity index is 1.93. The number of hydrogen-bond acceptors (Lipinski definition) is 6. The number of ether oxygens (including phenoxy) is 1. The normalized spacial score (nSPS) is 10.6. The highest BCUT2D eigenvalue weighted by molar-refractivity contribution is 7.15. The lowest BCUT2D eigenvalue weighted by atomic mass is 10.3. The third kappa shape index (κ3) is 2.44. The maximum Gasteiger partial charge on any atom is 0.271 e.